The number of aryl methyl sites for hydroxylation is 1. The molecule has 0 spiro atoms. The Morgan fingerprint density at radius 3 is 2.77 bits per heavy atom. The number of thioether (sulfide) groups is 1. The maximum atomic E-state index is 12.3. The van der Waals surface area contributed by atoms with E-state index >= 15 is 0 Å². The van der Waals surface area contributed by atoms with Crippen molar-refractivity contribution >= 4 is 39.2 Å². The maximum Gasteiger partial charge on any atom is 0.230 e. The average molecular weight is 437 g/mol. The van der Waals surface area contributed by atoms with E-state index in [1.807, 2.05) is 61.5 Å². The van der Waals surface area contributed by atoms with Crippen LogP contribution in [-0.2, 0) is 11.3 Å². The second kappa shape index (κ2) is 9.23. The monoisotopic (exact) mass is 436 g/mol. The van der Waals surface area contributed by atoms with E-state index in [2.05, 4.69) is 20.5 Å². The van der Waals surface area contributed by atoms with E-state index in [-0.39, 0.29) is 11.7 Å². The predicted molar refractivity (Wildman–Crippen MR) is 121 cm³/mol. The molecule has 0 aliphatic heterocycles. The summed E-state index contributed by atoms with van der Waals surface area (Å²) in [5.74, 6) is 0.964. The fourth-order valence-corrected chi connectivity index (χ4v) is 4.70. The quantitative estimate of drug-likeness (QED) is 0.431. The third-order valence-electron chi connectivity index (χ3n) is 4.41. The normalized spacial score (nSPS) is 10.9. The van der Waals surface area contributed by atoms with E-state index in [1.165, 1.54) is 11.8 Å². The molecule has 4 rings (SSSR count). The van der Waals surface area contributed by atoms with Crippen molar-refractivity contribution in [3.63, 3.8) is 0 Å². The lowest BCUT2D eigenvalue weighted by Crippen LogP contribution is -2.24. The number of amides is 1. The summed E-state index contributed by atoms with van der Waals surface area (Å²) in [5.41, 5.74) is 3.54. The first-order chi connectivity index (χ1) is 14.6. The third kappa shape index (κ3) is 4.60. The van der Waals surface area contributed by atoms with Gasteiger partial charge < -0.3 is 10.1 Å². The van der Waals surface area contributed by atoms with Crippen LogP contribution in [0.15, 0.2) is 59.6 Å². The van der Waals surface area contributed by atoms with Crippen LogP contribution in [0.5, 0.6) is 5.75 Å². The topological polar surface area (TPSA) is 77.0 Å². The molecule has 0 saturated heterocycles. The van der Waals surface area contributed by atoms with Crippen molar-refractivity contribution in [2.45, 2.75) is 18.5 Å². The highest BCUT2D eigenvalue weighted by Gasteiger charge is 2.17. The number of carbonyl (C=O) groups is 1. The standard InChI is InChI=1S/C22H20N4O2S2/c1-14-24-20-21(30-14)19(16-9-6-10-17(11-16)28-2)25-26-22(20)29-13-18(27)23-12-15-7-4-3-5-8-15/h3-11H,12-13H2,1-2H3,(H,23,27). The van der Waals surface area contributed by atoms with Crippen LogP contribution in [0, 0.1) is 6.92 Å². The molecule has 8 heteroatoms. The molecule has 0 fully saturated rings. The number of hydrogen-bond acceptors (Lipinski definition) is 7. The molecular formula is C22H20N4O2S2. The fourth-order valence-electron chi connectivity index (χ4n) is 2.96. The van der Waals surface area contributed by atoms with Gasteiger partial charge in [-0.15, -0.1) is 21.5 Å². The first-order valence-electron chi connectivity index (χ1n) is 9.35. The zero-order chi connectivity index (χ0) is 20.9. The van der Waals surface area contributed by atoms with E-state index in [4.69, 9.17) is 4.74 Å². The fraction of sp³-hybridized carbons (Fsp3) is 0.182. The average Bonchev–Trinajstić information content (AvgIpc) is 3.18. The van der Waals surface area contributed by atoms with Crippen molar-refractivity contribution in [1.29, 1.82) is 0 Å². The van der Waals surface area contributed by atoms with Gasteiger partial charge in [-0.3, -0.25) is 4.79 Å². The zero-order valence-corrected chi connectivity index (χ0v) is 18.2. The molecule has 4 aromatic rings. The molecule has 30 heavy (non-hydrogen) atoms. The molecule has 0 bridgehead atoms. The molecule has 0 aliphatic carbocycles. The molecule has 2 aromatic carbocycles. The third-order valence-corrected chi connectivity index (χ3v) is 6.34. The van der Waals surface area contributed by atoms with Gasteiger partial charge in [-0.1, -0.05) is 54.2 Å². The van der Waals surface area contributed by atoms with Gasteiger partial charge in [-0.2, -0.15) is 0 Å². The lowest BCUT2D eigenvalue weighted by molar-refractivity contribution is -0.118. The van der Waals surface area contributed by atoms with Gasteiger partial charge in [0.25, 0.3) is 0 Å². The lowest BCUT2D eigenvalue weighted by Gasteiger charge is -2.07. The summed E-state index contributed by atoms with van der Waals surface area (Å²) in [4.78, 5) is 16.9. The Hall–Kier alpha value is -2.97. The Kier molecular flexibility index (Phi) is 6.25. The Balaban J connectivity index is 1.52. The Labute approximate surface area is 182 Å². The maximum absolute atomic E-state index is 12.3. The van der Waals surface area contributed by atoms with Crippen molar-refractivity contribution in [2.75, 3.05) is 12.9 Å². The van der Waals surface area contributed by atoms with E-state index in [0.717, 1.165) is 37.8 Å². The molecule has 152 valence electrons. The number of methoxy groups -OCH3 is 1. The second-order valence-corrected chi connectivity index (χ2v) is 8.71. The van der Waals surface area contributed by atoms with Gasteiger partial charge in [-0.05, 0) is 24.6 Å². The van der Waals surface area contributed by atoms with Crippen LogP contribution in [0.3, 0.4) is 0 Å². The smallest absolute Gasteiger partial charge is 0.230 e. The van der Waals surface area contributed by atoms with Gasteiger partial charge in [0, 0.05) is 12.1 Å². The second-order valence-electron chi connectivity index (χ2n) is 6.55. The summed E-state index contributed by atoms with van der Waals surface area (Å²) >= 11 is 2.93. The molecule has 1 N–H and O–H groups in total. The number of hydrogen-bond donors (Lipinski definition) is 1. The van der Waals surface area contributed by atoms with Crippen LogP contribution >= 0.6 is 23.1 Å². The van der Waals surface area contributed by atoms with Gasteiger partial charge in [0.1, 0.15) is 22.0 Å². The van der Waals surface area contributed by atoms with Gasteiger partial charge >= 0.3 is 0 Å². The number of fused-ring (bicyclic) bond motifs is 1. The minimum Gasteiger partial charge on any atom is -0.497 e. The van der Waals surface area contributed by atoms with Crippen LogP contribution < -0.4 is 10.1 Å². The number of benzene rings is 2. The first-order valence-corrected chi connectivity index (χ1v) is 11.2. The van der Waals surface area contributed by atoms with E-state index in [1.54, 1.807) is 18.4 Å². The molecule has 0 aliphatic rings. The van der Waals surface area contributed by atoms with Crippen molar-refractivity contribution in [1.82, 2.24) is 20.5 Å². The summed E-state index contributed by atoms with van der Waals surface area (Å²) in [6, 6.07) is 17.6. The zero-order valence-electron chi connectivity index (χ0n) is 16.6. The molecule has 2 aromatic heterocycles. The van der Waals surface area contributed by atoms with Crippen LogP contribution in [0.4, 0.5) is 0 Å². The van der Waals surface area contributed by atoms with E-state index in [0.29, 0.717) is 11.6 Å². The van der Waals surface area contributed by atoms with Crippen LogP contribution in [-0.4, -0.2) is 34.0 Å². The Bertz CT molecular complexity index is 1180. The summed E-state index contributed by atoms with van der Waals surface area (Å²) < 4.78 is 6.29. The molecular weight excluding hydrogens is 416 g/mol. The van der Waals surface area contributed by atoms with Gasteiger partial charge in [-0.25, -0.2) is 4.98 Å². The van der Waals surface area contributed by atoms with Crippen molar-refractivity contribution < 1.29 is 9.53 Å². The Morgan fingerprint density at radius 2 is 1.97 bits per heavy atom. The minimum atomic E-state index is -0.0531. The van der Waals surface area contributed by atoms with Gasteiger partial charge in [0.2, 0.25) is 5.91 Å². The molecule has 1 amide bonds. The van der Waals surface area contributed by atoms with Crippen LogP contribution in [0.1, 0.15) is 10.6 Å². The van der Waals surface area contributed by atoms with E-state index < -0.39 is 0 Å². The van der Waals surface area contributed by atoms with Crippen molar-refractivity contribution in [3.05, 3.63) is 65.2 Å². The number of nitrogens with zero attached hydrogens (tertiary/aromatic N) is 3. The van der Waals surface area contributed by atoms with Crippen molar-refractivity contribution in [2.24, 2.45) is 0 Å². The number of carbonyl (C=O) groups excluding carboxylic acids is 1. The lowest BCUT2D eigenvalue weighted by atomic mass is 10.1. The van der Waals surface area contributed by atoms with Crippen LogP contribution in [0.25, 0.3) is 21.5 Å². The molecule has 2 heterocycles. The number of aromatic nitrogens is 3. The molecule has 0 unspecified atom stereocenters. The minimum absolute atomic E-state index is 0.0531. The SMILES string of the molecule is COc1cccc(-c2nnc(SCC(=O)NCc3ccccc3)c3nc(C)sc23)c1. The number of thiazole rings is 1. The first kappa shape index (κ1) is 20.3. The Morgan fingerprint density at radius 1 is 1.13 bits per heavy atom. The number of nitrogens with one attached hydrogen (secondary N) is 1. The summed E-state index contributed by atoms with van der Waals surface area (Å²) in [5, 5.41) is 13.4. The largest absolute Gasteiger partial charge is 0.497 e. The molecule has 6 nitrogen and oxygen atoms in total. The highest BCUT2D eigenvalue weighted by Crippen LogP contribution is 2.36. The van der Waals surface area contributed by atoms with Gasteiger partial charge in [0.05, 0.1) is 22.6 Å². The highest BCUT2D eigenvalue weighted by molar-refractivity contribution is 8.00. The highest BCUT2D eigenvalue weighted by atomic mass is 32.2. The molecule has 0 saturated carbocycles. The summed E-state index contributed by atoms with van der Waals surface area (Å²) in [6.07, 6.45) is 0. The molecule has 0 radical (unpaired) electrons. The van der Waals surface area contributed by atoms with Crippen molar-refractivity contribution in [3.8, 4) is 17.0 Å². The van der Waals surface area contributed by atoms with E-state index in [9.17, 15) is 4.79 Å². The number of rotatable bonds is 7. The number of ether oxygens (including phenoxy) is 1. The summed E-state index contributed by atoms with van der Waals surface area (Å²) in [7, 11) is 1.64. The predicted octanol–water partition coefficient (Wildman–Crippen LogP) is 4.48. The summed E-state index contributed by atoms with van der Waals surface area (Å²) in [6.45, 7) is 2.47. The van der Waals surface area contributed by atoms with Gasteiger partial charge in [0.15, 0.2) is 0 Å². The molecule has 0 atom stereocenters. The van der Waals surface area contributed by atoms with Crippen LogP contribution in [0.2, 0.25) is 0 Å².